The van der Waals surface area contributed by atoms with Crippen LogP contribution in [0.5, 0.6) is 0 Å². The van der Waals surface area contributed by atoms with E-state index < -0.39 is 0 Å². The lowest BCUT2D eigenvalue weighted by molar-refractivity contribution is -0.121. The first kappa shape index (κ1) is 21.9. The van der Waals surface area contributed by atoms with Gasteiger partial charge in [-0.05, 0) is 36.6 Å². The van der Waals surface area contributed by atoms with Crippen LogP contribution in [0.4, 0.5) is 0 Å². The highest BCUT2D eigenvalue weighted by Crippen LogP contribution is 2.10. The van der Waals surface area contributed by atoms with Crippen LogP contribution in [0.1, 0.15) is 37.0 Å². The molecule has 0 bridgehead atoms. The average molecular weight is 407 g/mol. The quantitative estimate of drug-likeness (QED) is 0.620. The number of hydrogen-bond donors (Lipinski definition) is 3. The summed E-state index contributed by atoms with van der Waals surface area (Å²) in [4.78, 5) is 23.7. The molecule has 4 N–H and O–H groups in total. The van der Waals surface area contributed by atoms with Crippen molar-refractivity contribution in [3.05, 3.63) is 34.3 Å². The molecule has 0 fully saturated rings. The van der Waals surface area contributed by atoms with Crippen molar-refractivity contribution in [1.29, 1.82) is 0 Å². The molecule has 0 radical (unpaired) electrons. The molecule has 0 heterocycles. The summed E-state index contributed by atoms with van der Waals surface area (Å²) in [5.41, 5.74) is 6.22. The Kier molecular flexibility index (Phi) is 10.9. The van der Waals surface area contributed by atoms with Crippen LogP contribution in [0, 0.1) is 5.92 Å². The van der Waals surface area contributed by atoms with Crippen molar-refractivity contribution in [3.63, 3.8) is 0 Å². The van der Waals surface area contributed by atoms with Crippen molar-refractivity contribution in [1.82, 2.24) is 10.6 Å². The van der Waals surface area contributed by atoms with E-state index in [0.29, 0.717) is 24.6 Å². The molecule has 2 amide bonds. The topological polar surface area (TPSA) is 84.2 Å². The molecule has 0 spiro atoms. The Hall–Kier alpha value is -1.11. The van der Waals surface area contributed by atoms with Crippen LogP contribution in [0.15, 0.2) is 28.7 Å². The second kappa shape index (κ2) is 11.4. The van der Waals surface area contributed by atoms with Crippen LogP contribution < -0.4 is 16.4 Å². The highest BCUT2D eigenvalue weighted by atomic mass is 79.9. The molecule has 130 valence electrons. The number of carbonyl (C=O) groups is 2. The summed E-state index contributed by atoms with van der Waals surface area (Å²) >= 11 is 3.32. The molecule has 5 nitrogen and oxygen atoms in total. The van der Waals surface area contributed by atoms with Crippen LogP contribution in [-0.4, -0.2) is 30.9 Å². The van der Waals surface area contributed by atoms with Crippen LogP contribution >= 0.6 is 28.3 Å². The van der Waals surface area contributed by atoms with Gasteiger partial charge in [-0.1, -0.05) is 29.8 Å². The molecule has 0 saturated carbocycles. The Labute approximate surface area is 152 Å². The number of halogens is 2. The molecule has 0 aliphatic rings. The third-order valence-corrected chi connectivity index (χ3v) is 3.68. The van der Waals surface area contributed by atoms with Gasteiger partial charge in [0, 0.05) is 35.6 Å². The van der Waals surface area contributed by atoms with Gasteiger partial charge in [-0.3, -0.25) is 9.59 Å². The lowest BCUT2D eigenvalue weighted by Crippen LogP contribution is -2.42. The highest BCUT2D eigenvalue weighted by Gasteiger charge is 2.12. The number of hydrogen-bond acceptors (Lipinski definition) is 3. The summed E-state index contributed by atoms with van der Waals surface area (Å²) in [5, 5.41) is 5.63. The molecule has 0 saturated heterocycles. The number of carbonyl (C=O) groups excluding carboxylic acids is 2. The van der Waals surface area contributed by atoms with Crippen molar-refractivity contribution in [2.45, 2.75) is 32.7 Å². The molecule has 1 aromatic rings. The second-order valence-electron chi connectivity index (χ2n) is 5.64. The lowest BCUT2D eigenvalue weighted by atomic mass is 10.0. The zero-order chi connectivity index (χ0) is 16.5. The summed E-state index contributed by atoms with van der Waals surface area (Å²) < 4.78 is 0.918. The minimum Gasteiger partial charge on any atom is -0.352 e. The predicted molar refractivity (Wildman–Crippen MR) is 98.8 cm³/mol. The van der Waals surface area contributed by atoms with Gasteiger partial charge < -0.3 is 16.4 Å². The third-order valence-electron chi connectivity index (χ3n) is 3.15. The number of rotatable bonds is 8. The highest BCUT2D eigenvalue weighted by molar-refractivity contribution is 9.10. The van der Waals surface area contributed by atoms with E-state index in [1.165, 1.54) is 0 Å². The van der Waals surface area contributed by atoms with Gasteiger partial charge in [0.25, 0.3) is 5.91 Å². The van der Waals surface area contributed by atoms with E-state index in [1.807, 2.05) is 0 Å². The molecular weight excluding hydrogens is 382 g/mol. The lowest BCUT2D eigenvalue weighted by Gasteiger charge is -2.18. The zero-order valence-electron chi connectivity index (χ0n) is 13.5. The number of nitrogens with two attached hydrogens (primary N) is 1. The van der Waals surface area contributed by atoms with Crippen molar-refractivity contribution in [2.24, 2.45) is 11.7 Å². The van der Waals surface area contributed by atoms with Gasteiger partial charge in [0.05, 0.1) is 0 Å². The van der Waals surface area contributed by atoms with Crippen molar-refractivity contribution >= 4 is 40.2 Å². The monoisotopic (exact) mass is 405 g/mol. The molecule has 1 rings (SSSR count). The van der Waals surface area contributed by atoms with Gasteiger partial charge in [-0.25, -0.2) is 0 Å². The fraction of sp³-hybridized carbons (Fsp3) is 0.500. The van der Waals surface area contributed by atoms with Crippen LogP contribution in [0.2, 0.25) is 0 Å². The first-order valence-corrected chi connectivity index (χ1v) is 8.25. The van der Waals surface area contributed by atoms with Gasteiger partial charge >= 0.3 is 0 Å². The summed E-state index contributed by atoms with van der Waals surface area (Å²) in [5.74, 6) is 0.205. The molecule has 7 heteroatoms. The van der Waals surface area contributed by atoms with E-state index in [1.54, 1.807) is 24.3 Å². The van der Waals surface area contributed by atoms with E-state index in [2.05, 4.69) is 40.4 Å². The Morgan fingerprint density at radius 1 is 1.22 bits per heavy atom. The average Bonchev–Trinajstić information content (AvgIpc) is 2.46. The molecule has 0 aliphatic carbocycles. The van der Waals surface area contributed by atoms with Gasteiger partial charge in [-0.15, -0.1) is 12.4 Å². The summed E-state index contributed by atoms with van der Waals surface area (Å²) in [7, 11) is 0. The van der Waals surface area contributed by atoms with Crippen LogP contribution in [0.3, 0.4) is 0 Å². The van der Waals surface area contributed by atoms with Crippen molar-refractivity contribution in [2.75, 3.05) is 13.1 Å². The summed E-state index contributed by atoms with van der Waals surface area (Å²) in [6, 6.07) is 7.06. The van der Waals surface area contributed by atoms with E-state index in [-0.39, 0.29) is 36.7 Å². The molecule has 1 atom stereocenters. The SMILES string of the molecule is CC(C)CC(CN)NC(=O)CCNC(=O)c1ccc(Br)cc1.Cl. The maximum atomic E-state index is 11.9. The fourth-order valence-electron chi connectivity index (χ4n) is 2.08. The van der Waals surface area contributed by atoms with Gasteiger partial charge in [0.2, 0.25) is 5.91 Å². The third kappa shape index (κ3) is 8.93. The van der Waals surface area contributed by atoms with Crippen molar-refractivity contribution in [3.8, 4) is 0 Å². The Morgan fingerprint density at radius 3 is 2.35 bits per heavy atom. The molecule has 0 aliphatic heterocycles. The largest absolute Gasteiger partial charge is 0.352 e. The summed E-state index contributed by atoms with van der Waals surface area (Å²) in [6.07, 6.45) is 1.10. The Morgan fingerprint density at radius 2 is 1.83 bits per heavy atom. The number of benzene rings is 1. The molecule has 23 heavy (non-hydrogen) atoms. The molecule has 1 aromatic carbocycles. The summed E-state index contributed by atoms with van der Waals surface area (Å²) in [6.45, 7) is 4.91. The smallest absolute Gasteiger partial charge is 0.251 e. The van der Waals surface area contributed by atoms with Gasteiger partial charge in [0.15, 0.2) is 0 Å². The second-order valence-corrected chi connectivity index (χ2v) is 6.56. The minimum absolute atomic E-state index is 0. The predicted octanol–water partition coefficient (Wildman–Crippen LogP) is 2.48. The first-order chi connectivity index (χ1) is 10.4. The van der Waals surface area contributed by atoms with E-state index in [9.17, 15) is 9.59 Å². The Balaban J connectivity index is 0.00000484. The van der Waals surface area contributed by atoms with Gasteiger partial charge in [0.1, 0.15) is 0 Å². The van der Waals surface area contributed by atoms with E-state index in [4.69, 9.17) is 5.73 Å². The van der Waals surface area contributed by atoms with E-state index >= 15 is 0 Å². The maximum absolute atomic E-state index is 11.9. The maximum Gasteiger partial charge on any atom is 0.251 e. The minimum atomic E-state index is -0.183. The van der Waals surface area contributed by atoms with E-state index in [0.717, 1.165) is 10.9 Å². The fourth-order valence-corrected chi connectivity index (χ4v) is 2.34. The van der Waals surface area contributed by atoms with Crippen LogP contribution in [0.25, 0.3) is 0 Å². The standard InChI is InChI=1S/C16H24BrN3O2.ClH/c1-11(2)9-14(10-18)20-15(21)7-8-19-16(22)12-3-5-13(17)6-4-12;/h3-6,11,14H,7-10,18H2,1-2H3,(H,19,22)(H,20,21);1H. The first-order valence-electron chi connectivity index (χ1n) is 7.45. The zero-order valence-corrected chi connectivity index (χ0v) is 15.9. The number of amides is 2. The van der Waals surface area contributed by atoms with Crippen molar-refractivity contribution < 1.29 is 9.59 Å². The molecule has 1 unspecified atom stereocenters. The molecular formula is C16H25BrClN3O2. The van der Waals surface area contributed by atoms with Gasteiger partial charge in [-0.2, -0.15) is 0 Å². The molecule has 0 aromatic heterocycles. The Bertz CT molecular complexity index is 495. The van der Waals surface area contributed by atoms with Crippen LogP contribution in [-0.2, 0) is 4.79 Å². The normalized spacial score (nSPS) is 11.5. The number of nitrogens with one attached hydrogen (secondary N) is 2.